The molecule has 0 aliphatic carbocycles. The van der Waals surface area contributed by atoms with Crippen molar-refractivity contribution in [3.8, 4) is 5.75 Å². The van der Waals surface area contributed by atoms with E-state index >= 15 is 0 Å². The van der Waals surface area contributed by atoms with Crippen LogP contribution < -0.4 is 15.6 Å². The average Bonchev–Trinajstić information content (AvgIpc) is 2.65. The lowest BCUT2D eigenvalue weighted by Crippen LogP contribution is -2.29. The summed E-state index contributed by atoms with van der Waals surface area (Å²) in [7, 11) is 1.61. The zero-order chi connectivity index (χ0) is 17.6. The molecule has 126 valence electrons. The number of amides is 1. The maximum Gasteiger partial charge on any atom is 0.263 e. The van der Waals surface area contributed by atoms with Crippen LogP contribution in [0.4, 0.5) is 5.69 Å². The summed E-state index contributed by atoms with van der Waals surface area (Å²) in [4.78, 5) is 25.0. The molecule has 0 saturated carbocycles. The minimum atomic E-state index is -0.416. The van der Waals surface area contributed by atoms with Gasteiger partial charge in [-0.3, -0.25) is 9.59 Å². The lowest BCUT2D eigenvalue weighted by molar-refractivity contribution is 0.102. The number of carbonyl (C=O) groups is 1. The SMILES string of the molecule is COc1ccc(Cn2cccc(C(=O)Nc3ccccc3)c2=O)cc1. The van der Waals surface area contributed by atoms with Crippen LogP contribution in [0.3, 0.4) is 0 Å². The topological polar surface area (TPSA) is 60.3 Å². The Kier molecular flexibility index (Phi) is 4.95. The second-order valence-electron chi connectivity index (χ2n) is 5.52. The summed E-state index contributed by atoms with van der Waals surface area (Å²) in [5, 5.41) is 2.74. The van der Waals surface area contributed by atoms with Gasteiger partial charge in [0.05, 0.1) is 13.7 Å². The highest BCUT2D eigenvalue weighted by molar-refractivity contribution is 6.03. The van der Waals surface area contributed by atoms with Crippen LogP contribution in [0.5, 0.6) is 5.75 Å². The van der Waals surface area contributed by atoms with Crippen LogP contribution in [-0.2, 0) is 6.54 Å². The molecule has 1 aromatic heterocycles. The summed E-state index contributed by atoms with van der Waals surface area (Å²) in [5.74, 6) is 0.340. The molecule has 5 heteroatoms. The van der Waals surface area contributed by atoms with E-state index in [0.717, 1.165) is 11.3 Å². The predicted octanol–water partition coefficient (Wildman–Crippen LogP) is 3.16. The van der Waals surface area contributed by atoms with Crippen molar-refractivity contribution in [1.29, 1.82) is 0 Å². The van der Waals surface area contributed by atoms with Gasteiger partial charge in [-0.25, -0.2) is 0 Å². The molecule has 2 aromatic carbocycles. The summed E-state index contributed by atoms with van der Waals surface area (Å²) in [6.07, 6.45) is 1.67. The highest BCUT2D eigenvalue weighted by Gasteiger charge is 2.12. The Labute approximate surface area is 145 Å². The molecule has 1 amide bonds. The summed E-state index contributed by atoms with van der Waals surface area (Å²) in [6.45, 7) is 0.384. The second kappa shape index (κ2) is 7.49. The van der Waals surface area contributed by atoms with E-state index < -0.39 is 5.91 Å². The fraction of sp³-hybridized carbons (Fsp3) is 0.100. The van der Waals surface area contributed by atoms with Crippen molar-refractivity contribution in [2.24, 2.45) is 0 Å². The number of carbonyl (C=O) groups excluding carboxylic acids is 1. The first kappa shape index (κ1) is 16.5. The molecule has 25 heavy (non-hydrogen) atoms. The van der Waals surface area contributed by atoms with Gasteiger partial charge in [0.1, 0.15) is 11.3 Å². The smallest absolute Gasteiger partial charge is 0.263 e. The fourth-order valence-electron chi connectivity index (χ4n) is 2.48. The molecule has 3 aromatic rings. The Hall–Kier alpha value is -3.34. The zero-order valence-corrected chi connectivity index (χ0v) is 13.8. The number of rotatable bonds is 5. The molecule has 3 rings (SSSR count). The van der Waals surface area contributed by atoms with E-state index in [9.17, 15) is 9.59 Å². The van der Waals surface area contributed by atoms with Crippen LogP contribution in [0, 0.1) is 0 Å². The number of pyridine rings is 1. The predicted molar refractivity (Wildman–Crippen MR) is 97.2 cm³/mol. The first-order valence-corrected chi connectivity index (χ1v) is 7.86. The molecule has 0 spiro atoms. The van der Waals surface area contributed by atoms with Crippen molar-refractivity contribution in [3.63, 3.8) is 0 Å². The molecule has 1 N–H and O–H groups in total. The van der Waals surface area contributed by atoms with Gasteiger partial charge in [0, 0.05) is 11.9 Å². The number of hydrogen-bond donors (Lipinski definition) is 1. The second-order valence-corrected chi connectivity index (χ2v) is 5.52. The first-order valence-electron chi connectivity index (χ1n) is 7.86. The molecule has 1 heterocycles. The Morgan fingerprint density at radius 2 is 1.72 bits per heavy atom. The van der Waals surface area contributed by atoms with Gasteiger partial charge in [-0.05, 0) is 42.0 Å². The molecule has 0 fully saturated rings. The highest BCUT2D eigenvalue weighted by atomic mass is 16.5. The molecular formula is C20H18N2O3. The number of nitrogens with zero attached hydrogens (tertiary/aromatic N) is 1. The maximum absolute atomic E-state index is 12.6. The standard InChI is InChI=1S/C20H18N2O3/c1-25-17-11-9-15(10-12-17)14-22-13-5-8-18(20(22)24)19(23)21-16-6-3-2-4-7-16/h2-13H,14H2,1H3,(H,21,23). The zero-order valence-electron chi connectivity index (χ0n) is 13.8. The summed E-state index contributed by atoms with van der Waals surface area (Å²) in [6, 6.07) is 19.7. The Morgan fingerprint density at radius 1 is 1.00 bits per heavy atom. The van der Waals surface area contributed by atoms with Gasteiger partial charge in [0.15, 0.2) is 0 Å². The highest BCUT2D eigenvalue weighted by Crippen LogP contribution is 2.12. The van der Waals surface area contributed by atoms with Crippen LogP contribution in [-0.4, -0.2) is 17.6 Å². The lowest BCUT2D eigenvalue weighted by atomic mass is 10.2. The van der Waals surface area contributed by atoms with E-state index in [2.05, 4.69) is 5.32 Å². The van der Waals surface area contributed by atoms with E-state index in [1.54, 1.807) is 31.5 Å². The number of para-hydroxylation sites is 1. The molecule has 5 nitrogen and oxygen atoms in total. The van der Waals surface area contributed by atoms with Gasteiger partial charge in [0.2, 0.25) is 0 Å². The van der Waals surface area contributed by atoms with Gasteiger partial charge >= 0.3 is 0 Å². The van der Waals surface area contributed by atoms with Crippen molar-refractivity contribution in [2.75, 3.05) is 12.4 Å². The summed E-state index contributed by atoms with van der Waals surface area (Å²) >= 11 is 0. The number of nitrogens with one attached hydrogen (secondary N) is 1. The van der Waals surface area contributed by atoms with Crippen LogP contribution in [0.25, 0.3) is 0 Å². The first-order chi connectivity index (χ1) is 12.2. The van der Waals surface area contributed by atoms with Crippen molar-refractivity contribution in [1.82, 2.24) is 4.57 Å². The number of hydrogen-bond acceptors (Lipinski definition) is 3. The number of aromatic nitrogens is 1. The monoisotopic (exact) mass is 334 g/mol. The van der Waals surface area contributed by atoms with Gasteiger partial charge in [0.25, 0.3) is 11.5 Å². The van der Waals surface area contributed by atoms with Crippen LogP contribution in [0.15, 0.2) is 77.7 Å². The molecule has 0 atom stereocenters. The van der Waals surface area contributed by atoms with E-state index in [4.69, 9.17) is 4.74 Å². The number of benzene rings is 2. The third-order valence-electron chi connectivity index (χ3n) is 3.81. The molecule has 0 bridgehead atoms. The van der Waals surface area contributed by atoms with Gasteiger partial charge in [-0.2, -0.15) is 0 Å². The lowest BCUT2D eigenvalue weighted by Gasteiger charge is -2.09. The normalized spacial score (nSPS) is 10.3. The Balaban J connectivity index is 1.81. The van der Waals surface area contributed by atoms with E-state index in [1.807, 2.05) is 42.5 Å². The minimum absolute atomic E-state index is 0.111. The van der Waals surface area contributed by atoms with E-state index in [1.165, 1.54) is 10.6 Å². The van der Waals surface area contributed by atoms with E-state index in [-0.39, 0.29) is 11.1 Å². The van der Waals surface area contributed by atoms with E-state index in [0.29, 0.717) is 12.2 Å². The Morgan fingerprint density at radius 3 is 2.40 bits per heavy atom. The Bertz CT molecular complexity index is 916. The van der Waals surface area contributed by atoms with Crippen molar-refractivity contribution < 1.29 is 9.53 Å². The van der Waals surface area contributed by atoms with Crippen molar-refractivity contribution in [3.05, 3.63) is 94.4 Å². The van der Waals surface area contributed by atoms with Gasteiger partial charge < -0.3 is 14.6 Å². The van der Waals surface area contributed by atoms with Gasteiger partial charge in [-0.1, -0.05) is 30.3 Å². The molecule has 0 aliphatic heterocycles. The van der Waals surface area contributed by atoms with Crippen LogP contribution in [0.2, 0.25) is 0 Å². The number of ether oxygens (including phenoxy) is 1. The molecular weight excluding hydrogens is 316 g/mol. The minimum Gasteiger partial charge on any atom is -0.497 e. The average molecular weight is 334 g/mol. The quantitative estimate of drug-likeness (QED) is 0.780. The molecule has 0 unspecified atom stereocenters. The van der Waals surface area contributed by atoms with Crippen LogP contribution in [0.1, 0.15) is 15.9 Å². The molecule has 0 saturated heterocycles. The summed E-state index contributed by atoms with van der Waals surface area (Å²) in [5.41, 5.74) is 1.38. The van der Waals surface area contributed by atoms with Crippen molar-refractivity contribution in [2.45, 2.75) is 6.54 Å². The molecule has 0 aliphatic rings. The largest absolute Gasteiger partial charge is 0.497 e. The maximum atomic E-state index is 12.6. The number of anilines is 1. The van der Waals surface area contributed by atoms with Crippen LogP contribution >= 0.6 is 0 Å². The van der Waals surface area contributed by atoms with Gasteiger partial charge in [-0.15, -0.1) is 0 Å². The third-order valence-corrected chi connectivity index (χ3v) is 3.81. The third kappa shape index (κ3) is 3.95. The summed E-state index contributed by atoms with van der Waals surface area (Å²) < 4.78 is 6.64. The van der Waals surface area contributed by atoms with Crippen molar-refractivity contribution >= 4 is 11.6 Å². The fourth-order valence-corrected chi connectivity index (χ4v) is 2.48. The molecule has 0 radical (unpaired) electrons. The number of methoxy groups -OCH3 is 1.